The largest absolute Gasteiger partial charge is 0.344 e. The van der Waals surface area contributed by atoms with E-state index in [9.17, 15) is 9.59 Å². The van der Waals surface area contributed by atoms with Gasteiger partial charge in [-0.3, -0.25) is 9.36 Å². The lowest BCUT2D eigenvalue weighted by atomic mass is 10.2. The van der Waals surface area contributed by atoms with Crippen molar-refractivity contribution in [3.63, 3.8) is 0 Å². The van der Waals surface area contributed by atoms with Gasteiger partial charge in [0.05, 0.1) is 12.3 Å². The summed E-state index contributed by atoms with van der Waals surface area (Å²) < 4.78 is 1.56. The number of H-pyrrole nitrogens is 1. The number of nitrogens with one attached hydrogen (secondary N) is 1. The predicted octanol–water partition coefficient (Wildman–Crippen LogP) is 2.30. The van der Waals surface area contributed by atoms with Crippen LogP contribution in [-0.2, 0) is 17.8 Å². The molecule has 2 aromatic carbocycles. The van der Waals surface area contributed by atoms with Crippen LogP contribution in [0.1, 0.15) is 11.1 Å². The zero-order valence-corrected chi connectivity index (χ0v) is 14.9. The number of benzene rings is 2. The summed E-state index contributed by atoms with van der Waals surface area (Å²) in [6.45, 7) is 1.13. The Morgan fingerprint density at radius 1 is 1.12 bits per heavy atom. The molecule has 2 heterocycles. The minimum absolute atomic E-state index is 0.0293. The molecule has 1 aromatic heterocycles. The third kappa shape index (κ3) is 3.30. The molecule has 6 nitrogen and oxygen atoms in total. The monoisotopic (exact) mass is 366 g/mol. The van der Waals surface area contributed by atoms with Gasteiger partial charge in [-0.1, -0.05) is 60.3 Å². The highest BCUT2D eigenvalue weighted by Crippen LogP contribution is 2.28. The Hall–Kier alpha value is -2.80. The molecule has 0 aliphatic carbocycles. The molecular weight excluding hydrogens is 348 g/mol. The lowest BCUT2D eigenvalue weighted by Gasteiger charge is -2.16. The SMILES string of the molecule is O=C(CSc1n[nH]c(=O)n1Cc1ccccc1)N1CCc2ccccc21. The van der Waals surface area contributed by atoms with Crippen molar-refractivity contribution in [1.29, 1.82) is 0 Å². The first-order valence-electron chi connectivity index (χ1n) is 8.42. The molecule has 0 unspecified atom stereocenters. The second-order valence-corrected chi connectivity index (χ2v) is 7.04. The van der Waals surface area contributed by atoms with Crippen LogP contribution in [0.15, 0.2) is 64.5 Å². The Kier molecular flexibility index (Phi) is 4.62. The first-order chi connectivity index (χ1) is 12.7. The highest BCUT2D eigenvalue weighted by molar-refractivity contribution is 7.99. The Morgan fingerprint density at radius 2 is 1.88 bits per heavy atom. The molecule has 0 bridgehead atoms. The maximum Gasteiger partial charge on any atom is 0.344 e. The number of carbonyl (C=O) groups is 1. The molecule has 0 radical (unpaired) electrons. The van der Waals surface area contributed by atoms with Crippen LogP contribution in [0.25, 0.3) is 0 Å². The summed E-state index contributed by atoms with van der Waals surface area (Å²) >= 11 is 1.29. The van der Waals surface area contributed by atoms with Gasteiger partial charge >= 0.3 is 5.69 Å². The maximum absolute atomic E-state index is 12.6. The number of amides is 1. The van der Waals surface area contributed by atoms with Gasteiger partial charge in [0.2, 0.25) is 5.91 Å². The lowest BCUT2D eigenvalue weighted by Crippen LogP contribution is -2.30. The highest BCUT2D eigenvalue weighted by atomic mass is 32.2. The van der Waals surface area contributed by atoms with E-state index >= 15 is 0 Å². The third-order valence-electron chi connectivity index (χ3n) is 4.42. The van der Waals surface area contributed by atoms with E-state index in [4.69, 9.17) is 0 Å². The van der Waals surface area contributed by atoms with E-state index in [-0.39, 0.29) is 17.3 Å². The molecule has 0 saturated carbocycles. The molecule has 0 fully saturated rings. The number of para-hydroxylation sites is 1. The van der Waals surface area contributed by atoms with Gasteiger partial charge in [-0.2, -0.15) is 0 Å². The first kappa shape index (κ1) is 16.7. The van der Waals surface area contributed by atoms with E-state index in [1.54, 1.807) is 4.57 Å². The minimum Gasteiger partial charge on any atom is -0.311 e. The van der Waals surface area contributed by atoms with Crippen LogP contribution in [0, 0.1) is 0 Å². The molecule has 3 aromatic rings. The van der Waals surface area contributed by atoms with E-state index < -0.39 is 0 Å². The normalized spacial score (nSPS) is 13.0. The van der Waals surface area contributed by atoms with E-state index in [2.05, 4.69) is 16.3 Å². The van der Waals surface area contributed by atoms with Gasteiger partial charge in [-0.15, -0.1) is 5.10 Å². The molecule has 132 valence electrons. The molecular formula is C19H18N4O2S. The number of carbonyl (C=O) groups excluding carboxylic acids is 1. The van der Waals surface area contributed by atoms with Gasteiger partial charge in [0.25, 0.3) is 0 Å². The molecule has 7 heteroatoms. The Balaban J connectivity index is 1.46. The molecule has 1 amide bonds. The molecule has 1 N–H and O–H groups in total. The predicted molar refractivity (Wildman–Crippen MR) is 102 cm³/mol. The number of hydrogen-bond donors (Lipinski definition) is 1. The van der Waals surface area contributed by atoms with Crippen molar-refractivity contribution in [2.45, 2.75) is 18.1 Å². The number of fused-ring (bicyclic) bond motifs is 1. The van der Waals surface area contributed by atoms with Gasteiger partial charge in [0.15, 0.2) is 5.16 Å². The van der Waals surface area contributed by atoms with Crippen molar-refractivity contribution in [2.24, 2.45) is 0 Å². The van der Waals surface area contributed by atoms with Crippen LogP contribution in [0.3, 0.4) is 0 Å². The van der Waals surface area contributed by atoms with E-state index in [0.29, 0.717) is 18.2 Å². The zero-order valence-electron chi connectivity index (χ0n) is 14.1. The smallest absolute Gasteiger partial charge is 0.311 e. The topological polar surface area (TPSA) is 71.0 Å². The first-order valence-corrected chi connectivity index (χ1v) is 9.41. The van der Waals surface area contributed by atoms with Gasteiger partial charge < -0.3 is 4.90 Å². The number of rotatable bonds is 5. The number of nitrogens with zero attached hydrogens (tertiary/aromatic N) is 3. The van der Waals surface area contributed by atoms with Crippen molar-refractivity contribution in [3.8, 4) is 0 Å². The molecule has 0 saturated heterocycles. The number of aromatic amines is 1. The summed E-state index contributed by atoms with van der Waals surface area (Å²) in [5.74, 6) is 0.273. The number of hydrogen-bond acceptors (Lipinski definition) is 4. The second-order valence-electron chi connectivity index (χ2n) is 6.10. The van der Waals surface area contributed by atoms with Gasteiger partial charge in [-0.25, -0.2) is 9.89 Å². The maximum atomic E-state index is 12.6. The lowest BCUT2D eigenvalue weighted by molar-refractivity contribution is -0.116. The fraction of sp³-hybridized carbons (Fsp3) is 0.211. The summed E-state index contributed by atoms with van der Waals surface area (Å²) in [5, 5.41) is 7.08. The standard InChI is InChI=1S/C19H18N4O2S/c24-17(22-11-10-15-8-4-5-9-16(15)22)13-26-19-21-20-18(25)23(19)12-14-6-2-1-3-7-14/h1-9H,10-13H2,(H,20,25). The highest BCUT2D eigenvalue weighted by Gasteiger charge is 2.24. The van der Waals surface area contributed by atoms with Gasteiger partial charge in [-0.05, 0) is 23.6 Å². The summed E-state index contributed by atoms with van der Waals surface area (Å²) in [5.41, 5.74) is 2.93. The van der Waals surface area contributed by atoms with Crippen LogP contribution >= 0.6 is 11.8 Å². The summed E-state index contributed by atoms with van der Waals surface area (Å²) in [7, 11) is 0. The van der Waals surface area contributed by atoms with Crippen LogP contribution in [-0.4, -0.2) is 33.0 Å². The van der Waals surface area contributed by atoms with Crippen LogP contribution in [0.5, 0.6) is 0 Å². The van der Waals surface area contributed by atoms with Gasteiger partial charge in [0, 0.05) is 12.2 Å². The van der Waals surface area contributed by atoms with Crippen molar-refractivity contribution < 1.29 is 4.79 Å². The van der Waals surface area contributed by atoms with Crippen LogP contribution in [0.2, 0.25) is 0 Å². The Bertz CT molecular complexity index is 980. The van der Waals surface area contributed by atoms with Crippen molar-refractivity contribution >= 4 is 23.4 Å². The average Bonchev–Trinajstić information content (AvgIpc) is 3.25. The second kappa shape index (κ2) is 7.21. The summed E-state index contributed by atoms with van der Waals surface area (Å²) in [6.07, 6.45) is 0.883. The summed E-state index contributed by atoms with van der Waals surface area (Å²) in [4.78, 5) is 26.5. The minimum atomic E-state index is -0.268. The molecule has 4 rings (SSSR count). The third-order valence-corrected chi connectivity index (χ3v) is 5.38. The molecule has 26 heavy (non-hydrogen) atoms. The van der Waals surface area contributed by atoms with Crippen LogP contribution < -0.4 is 10.6 Å². The van der Waals surface area contributed by atoms with E-state index in [1.807, 2.05) is 53.4 Å². The van der Waals surface area contributed by atoms with Crippen LogP contribution in [0.4, 0.5) is 5.69 Å². The van der Waals surface area contributed by atoms with E-state index in [0.717, 1.165) is 17.7 Å². The molecule has 1 aliphatic heterocycles. The quantitative estimate of drug-likeness (QED) is 0.704. The summed E-state index contributed by atoms with van der Waals surface area (Å²) in [6, 6.07) is 17.7. The van der Waals surface area contributed by atoms with Crippen molar-refractivity contribution in [2.75, 3.05) is 17.2 Å². The molecule has 1 aliphatic rings. The van der Waals surface area contributed by atoms with Crippen molar-refractivity contribution in [1.82, 2.24) is 14.8 Å². The zero-order chi connectivity index (χ0) is 17.9. The Morgan fingerprint density at radius 3 is 2.73 bits per heavy atom. The van der Waals surface area contributed by atoms with E-state index in [1.165, 1.54) is 17.3 Å². The fourth-order valence-electron chi connectivity index (χ4n) is 3.12. The van der Waals surface area contributed by atoms with Crippen molar-refractivity contribution in [3.05, 3.63) is 76.2 Å². The number of thioether (sulfide) groups is 1. The fourth-order valence-corrected chi connectivity index (χ4v) is 3.94. The molecule has 0 spiro atoms. The number of anilines is 1. The molecule has 0 atom stereocenters. The Labute approximate surface area is 154 Å². The number of aromatic nitrogens is 3. The van der Waals surface area contributed by atoms with Gasteiger partial charge in [0.1, 0.15) is 0 Å². The average molecular weight is 366 g/mol.